The van der Waals surface area contributed by atoms with Crippen molar-refractivity contribution in [1.82, 2.24) is 9.78 Å². The largest absolute Gasteiger partial charge is 0.452 e. The smallest absolute Gasteiger partial charge is 0.338 e. The molecule has 9 nitrogen and oxygen atoms in total. The molecular weight excluding hydrogens is 468 g/mol. The minimum atomic E-state index is -3.42. The first-order valence-electron chi connectivity index (χ1n) is 11.4. The van der Waals surface area contributed by atoms with Gasteiger partial charge in [0.05, 0.1) is 28.9 Å². The number of carbonyl (C=O) groups excluding carboxylic acids is 2. The minimum Gasteiger partial charge on any atom is -0.452 e. The van der Waals surface area contributed by atoms with E-state index in [9.17, 15) is 18.0 Å². The zero-order valence-corrected chi connectivity index (χ0v) is 20.7. The molecule has 0 saturated carbocycles. The van der Waals surface area contributed by atoms with Crippen molar-refractivity contribution in [2.75, 3.05) is 22.5 Å². The van der Waals surface area contributed by atoms with Gasteiger partial charge in [0.2, 0.25) is 10.0 Å². The number of nitrogens with one attached hydrogen (secondary N) is 1. The van der Waals surface area contributed by atoms with Gasteiger partial charge >= 0.3 is 5.97 Å². The lowest BCUT2D eigenvalue weighted by molar-refractivity contribution is -0.119. The van der Waals surface area contributed by atoms with Crippen molar-refractivity contribution in [3.05, 3.63) is 71.4 Å². The fraction of sp³-hybridized carbons (Fsp3) is 0.320. The van der Waals surface area contributed by atoms with Crippen LogP contribution in [0.4, 0.5) is 11.5 Å². The molecule has 1 aliphatic rings. The highest BCUT2D eigenvalue weighted by Gasteiger charge is 2.33. The summed E-state index contributed by atoms with van der Waals surface area (Å²) in [4.78, 5) is 25.2. The third kappa shape index (κ3) is 5.37. The van der Waals surface area contributed by atoms with Crippen LogP contribution in [0.3, 0.4) is 0 Å². The van der Waals surface area contributed by atoms with Crippen LogP contribution in [0.15, 0.2) is 54.6 Å². The number of fused-ring (bicyclic) bond motifs is 1. The second kappa shape index (κ2) is 9.91. The summed E-state index contributed by atoms with van der Waals surface area (Å²) in [6, 6.07) is 15.8. The van der Waals surface area contributed by atoms with Crippen LogP contribution in [0.25, 0.3) is 5.69 Å². The lowest BCUT2D eigenvalue weighted by atomic mass is 10.1. The Morgan fingerprint density at radius 3 is 2.57 bits per heavy atom. The summed E-state index contributed by atoms with van der Waals surface area (Å²) in [6.45, 7) is 3.40. The molecular formula is C25H28N4O5S. The number of ether oxygens (including phenoxy) is 1. The standard InChI is InChI=1S/C25H28N4O5S/c1-4-8-20-15-23(28(27-20)21-9-6-5-7-10-21)26-24(30)16-34-25(31)18-11-12-22-19(14-18)13-17(2)29(22)35(3,32)33/h5-7,9-12,14-15,17H,4,8,13,16H2,1-3H3,(H,26,30). The van der Waals surface area contributed by atoms with E-state index in [-0.39, 0.29) is 11.6 Å². The van der Waals surface area contributed by atoms with Crippen molar-refractivity contribution in [2.45, 2.75) is 39.2 Å². The number of benzene rings is 2. The summed E-state index contributed by atoms with van der Waals surface area (Å²) in [7, 11) is -3.42. The van der Waals surface area contributed by atoms with Crippen LogP contribution in [0.2, 0.25) is 0 Å². The number of hydrogen-bond donors (Lipinski definition) is 1. The molecule has 0 fully saturated rings. The molecule has 35 heavy (non-hydrogen) atoms. The summed E-state index contributed by atoms with van der Waals surface area (Å²) < 4.78 is 32.4. The van der Waals surface area contributed by atoms with Gasteiger partial charge in [0.25, 0.3) is 5.91 Å². The van der Waals surface area contributed by atoms with Gasteiger partial charge in [0.15, 0.2) is 6.61 Å². The molecule has 0 spiro atoms. The van der Waals surface area contributed by atoms with E-state index in [1.807, 2.05) is 43.3 Å². The molecule has 3 aromatic rings. The summed E-state index contributed by atoms with van der Waals surface area (Å²) in [5.41, 5.74) is 3.22. The van der Waals surface area contributed by atoms with Gasteiger partial charge in [-0.15, -0.1) is 0 Å². The van der Waals surface area contributed by atoms with Crippen LogP contribution >= 0.6 is 0 Å². The fourth-order valence-corrected chi connectivity index (χ4v) is 5.56. The molecule has 0 radical (unpaired) electrons. The van der Waals surface area contributed by atoms with Gasteiger partial charge < -0.3 is 10.1 Å². The third-order valence-electron chi connectivity index (χ3n) is 5.69. The van der Waals surface area contributed by atoms with Crippen molar-refractivity contribution in [1.29, 1.82) is 0 Å². The first-order valence-corrected chi connectivity index (χ1v) is 13.3. The van der Waals surface area contributed by atoms with Crippen LogP contribution in [0.5, 0.6) is 0 Å². The highest BCUT2D eigenvalue weighted by Crippen LogP contribution is 2.34. The number of aryl methyl sites for hydroxylation is 1. The zero-order valence-electron chi connectivity index (χ0n) is 19.9. The van der Waals surface area contributed by atoms with E-state index >= 15 is 0 Å². The minimum absolute atomic E-state index is 0.232. The van der Waals surface area contributed by atoms with Crippen LogP contribution in [-0.2, 0) is 32.4 Å². The lowest BCUT2D eigenvalue weighted by Crippen LogP contribution is -2.34. The van der Waals surface area contributed by atoms with Crippen molar-refractivity contribution < 1.29 is 22.7 Å². The molecule has 0 aliphatic carbocycles. The second-order valence-corrected chi connectivity index (χ2v) is 10.5. The zero-order chi connectivity index (χ0) is 25.2. The molecule has 2 heterocycles. The highest BCUT2D eigenvalue weighted by atomic mass is 32.2. The van der Waals surface area contributed by atoms with Gasteiger partial charge in [-0.3, -0.25) is 9.10 Å². The topological polar surface area (TPSA) is 111 Å². The Kier molecular flexibility index (Phi) is 6.93. The SMILES string of the molecule is CCCc1cc(NC(=O)COC(=O)c2ccc3c(c2)CC(C)N3S(C)(=O)=O)n(-c2ccccc2)n1. The van der Waals surface area contributed by atoms with Crippen LogP contribution < -0.4 is 9.62 Å². The average Bonchev–Trinajstić information content (AvgIpc) is 3.37. The molecule has 1 aliphatic heterocycles. The Hall–Kier alpha value is -3.66. The van der Waals surface area contributed by atoms with Crippen molar-refractivity contribution >= 4 is 33.4 Å². The Balaban J connectivity index is 1.43. The number of nitrogens with zero attached hydrogens (tertiary/aromatic N) is 3. The van der Waals surface area contributed by atoms with Crippen LogP contribution in [0.1, 0.15) is 41.9 Å². The number of esters is 1. The molecule has 1 unspecified atom stereocenters. The molecule has 0 saturated heterocycles. The van der Waals surface area contributed by atoms with E-state index in [1.54, 1.807) is 16.8 Å². The summed E-state index contributed by atoms with van der Waals surface area (Å²) in [6.07, 6.45) is 3.34. The molecule has 1 N–H and O–H groups in total. The third-order valence-corrected chi connectivity index (χ3v) is 6.97. The average molecular weight is 497 g/mol. The maximum Gasteiger partial charge on any atom is 0.338 e. The quantitative estimate of drug-likeness (QED) is 0.479. The molecule has 1 aromatic heterocycles. The van der Waals surface area contributed by atoms with E-state index in [2.05, 4.69) is 17.3 Å². The van der Waals surface area contributed by atoms with E-state index in [1.165, 1.54) is 10.4 Å². The van der Waals surface area contributed by atoms with E-state index in [0.29, 0.717) is 17.9 Å². The second-order valence-electron chi connectivity index (χ2n) is 8.60. The Bertz CT molecular complexity index is 1350. The maximum atomic E-state index is 12.6. The van der Waals surface area contributed by atoms with Crippen molar-refractivity contribution in [3.63, 3.8) is 0 Å². The number of hydrogen-bond acceptors (Lipinski definition) is 6. The number of carbonyl (C=O) groups is 2. The Morgan fingerprint density at radius 2 is 1.89 bits per heavy atom. The van der Waals surface area contributed by atoms with Gasteiger partial charge in [-0.05, 0) is 55.7 Å². The van der Waals surface area contributed by atoms with E-state index in [4.69, 9.17) is 4.74 Å². The van der Waals surface area contributed by atoms with E-state index in [0.717, 1.165) is 36.0 Å². The predicted molar refractivity (Wildman–Crippen MR) is 133 cm³/mol. The molecule has 4 rings (SSSR count). The number of anilines is 2. The number of para-hydroxylation sites is 1. The van der Waals surface area contributed by atoms with Gasteiger partial charge in [0, 0.05) is 12.1 Å². The Morgan fingerprint density at radius 1 is 1.14 bits per heavy atom. The highest BCUT2D eigenvalue weighted by molar-refractivity contribution is 7.92. The molecule has 0 bridgehead atoms. The monoisotopic (exact) mass is 496 g/mol. The predicted octanol–water partition coefficient (Wildman–Crippen LogP) is 3.33. The summed E-state index contributed by atoms with van der Waals surface area (Å²) in [5.74, 6) is -0.652. The summed E-state index contributed by atoms with van der Waals surface area (Å²) in [5, 5.41) is 7.35. The number of aromatic nitrogens is 2. The molecule has 184 valence electrons. The summed E-state index contributed by atoms with van der Waals surface area (Å²) >= 11 is 0. The lowest BCUT2D eigenvalue weighted by Gasteiger charge is -2.21. The molecule has 10 heteroatoms. The maximum absolute atomic E-state index is 12.6. The molecule has 2 aromatic carbocycles. The number of rotatable bonds is 8. The first kappa shape index (κ1) is 24.5. The van der Waals surface area contributed by atoms with Crippen molar-refractivity contribution in [2.24, 2.45) is 0 Å². The normalized spacial score (nSPS) is 15.1. The van der Waals surface area contributed by atoms with E-state index < -0.39 is 28.5 Å². The number of sulfonamides is 1. The molecule has 1 atom stereocenters. The van der Waals surface area contributed by atoms with Gasteiger partial charge in [-0.2, -0.15) is 5.10 Å². The Labute approximate surface area is 204 Å². The van der Waals surface area contributed by atoms with Crippen LogP contribution in [0, 0.1) is 0 Å². The van der Waals surface area contributed by atoms with Crippen LogP contribution in [-0.4, -0.2) is 49.0 Å². The van der Waals surface area contributed by atoms with Gasteiger partial charge in [-0.1, -0.05) is 31.5 Å². The van der Waals surface area contributed by atoms with Gasteiger partial charge in [-0.25, -0.2) is 17.9 Å². The number of amides is 1. The van der Waals surface area contributed by atoms with Crippen molar-refractivity contribution in [3.8, 4) is 5.69 Å². The molecule has 1 amide bonds. The fourth-order valence-electron chi connectivity index (χ4n) is 4.29. The van der Waals surface area contributed by atoms with Gasteiger partial charge in [0.1, 0.15) is 5.82 Å². The first-order chi connectivity index (χ1) is 16.7.